The number of nitrogens with one attached hydrogen (secondary N) is 1. The van der Waals surface area contributed by atoms with E-state index in [-0.39, 0.29) is 24.9 Å². The number of methoxy groups -OCH3 is 1. The highest BCUT2D eigenvalue weighted by molar-refractivity contribution is 5.83. The van der Waals surface area contributed by atoms with E-state index in [2.05, 4.69) is 5.32 Å². The monoisotopic (exact) mass is 337 g/mol. The van der Waals surface area contributed by atoms with E-state index in [1.54, 1.807) is 14.0 Å². The lowest BCUT2D eigenvalue weighted by atomic mass is 10.1. The van der Waals surface area contributed by atoms with E-state index in [0.717, 1.165) is 12.0 Å². The minimum atomic E-state index is -0.414. The molecule has 1 aromatic rings. The molecule has 0 fully saturated rings. The van der Waals surface area contributed by atoms with E-state index in [9.17, 15) is 9.59 Å². The van der Waals surface area contributed by atoms with Crippen molar-refractivity contribution < 1.29 is 23.8 Å². The fourth-order valence-electron chi connectivity index (χ4n) is 1.94. The van der Waals surface area contributed by atoms with Crippen LogP contribution in [0.2, 0.25) is 0 Å². The van der Waals surface area contributed by atoms with Gasteiger partial charge in [-0.1, -0.05) is 37.3 Å². The van der Waals surface area contributed by atoms with Crippen molar-refractivity contribution in [3.8, 4) is 0 Å². The molecule has 0 saturated heterocycles. The molecule has 0 bridgehead atoms. The lowest BCUT2D eigenvalue weighted by molar-refractivity contribution is -0.147. The minimum Gasteiger partial charge on any atom is -0.461 e. The van der Waals surface area contributed by atoms with Gasteiger partial charge in [0.05, 0.1) is 19.6 Å². The summed E-state index contributed by atoms with van der Waals surface area (Å²) in [6, 6.07) is 9.45. The van der Waals surface area contributed by atoms with Crippen molar-refractivity contribution in [2.24, 2.45) is 5.92 Å². The van der Waals surface area contributed by atoms with Gasteiger partial charge in [-0.15, -0.1) is 0 Å². The van der Waals surface area contributed by atoms with Crippen molar-refractivity contribution in [1.82, 2.24) is 5.32 Å². The molecule has 0 aromatic heterocycles. The first-order valence-corrected chi connectivity index (χ1v) is 8.17. The van der Waals surface area contributed by atoms with Crippen LogP contribution < -0.4 is 5.32 Å². The number of hydrogen-bond acceptors (Lipinski definition) is 5. The Kier molecular flexibility index (Phi) is 10.5. The van der Waals surface area contributed by atoms with Gasteiger partial charge in [0.25, 0.3) is 0 Å². The van der Waals surface area contributed by atoms with Gasteiger partial charge >= 0.3 is 5.97 Å². The van der Waals surface area contributed by atoms with E-state index in [0.29, 0.717) is 26.4 Å². The molecule has 0 radical (unpaired) electrons. The summed E-state index contributed by atoms with van der Waals surface area (Å²) in [7, 11) is 1.62. The van der Waals surface area contributed by atoms with Crippen molar-refractivity contribution in [2.75, 3.05) is 33.5 Å². The molecule has 134 valence electrons. The Morgan fingerprint density at radius 3 is 2.58 bits per heavy atom. The largest absolute Gasteiger partial charge is 0.461 e. The first-order chi connectivity index (χ1) is 11.6. The number of rotatable bonds is 12. The second-order valence-corrected chi connectivity index (χ2v) is 5.50. The Labute approximate surface area is 143 Å². The molecule has 1 amide bonds. The van der Waals surface area contributed by atoms with Gasteiger partial charge in [-0.25, -0.2) is 0 Å². The third kappa shape index (κ3) is 9.27. The van der Waals surface area contributed by atoms with Gasteiger partial charge in [0.15, 0.2) is 0 Å². The molecule has 0 heterocycles. The van der Waals surface area contributed by atoms with Crippen molar-refractivity contribution in [3.05, 3.63) is 35.9 Å². The highest BCUT2D eigenvalue weighted by Crippen LogP contribution is 2.07. The normalized spacial score (nSPS) is 11.8. The molecular formula is C18H27NO5. The van der Waals surface area contributed by atoms with E-state index in [4.69, 9.17) is 14.2 Å². The van der Waals surface area contributed by atoms with Gasteiger partial charge in [-0.05, 0) is 12.0 Å². The van der Waals surface area contributed by atoms with Gasteiger partial charge in [0.1, 0.15) is 6.61 Å². The standard InChI is InChI=1S/C18H27NO5/c1-15(18(21)19-9-6-10-23-12-11-22-2)13-17(20)24-14-16-7-4-3-5-8-16/h3-5,7-8,15H,6,9-14H2,1-2H3,(H,19,21). The summed E-state index contributed by atoms with van der Waals surface area (Å²) in [4.78, 5) is 23.7. The quantitative estimate of drug-likeness (QED) is 0.466. The first-order valence-electron chi connectivity index (χ1n) is 8.17. The Balaban J connectivity index is 2.11. The summed E-state index contributed by atoms with van der Waals surface area (Å²) in [5.41, 5.74) is 0.927. The molecule has 1 aromatic carbocycles. The zero-order chi connectivity index (χ0) is 17.6. The zero-order valence-corrected chi connectivity index (χ0v) is 14.5. The van der Waals surface area contributed by atoms with E-state index in [1.165, 1.54) is 0 Å². The molecule has 1 unspecified atom stereocenters. The molecule has 1 rings (SSSR count). The first kappa shape index (κ1) is 20.1. The smallest absolute Gasteiger partial charge is 0.306 e. The molecule has 1 atom stereocenters. The predicted molar refractivity (Wildman–Crippen MR) is 90.3 cm³/mol. The van der Waals surface area contributed by atoms with Gasteiger partial charge in [-0.3, -0.25) is 9.59 Å². The predicted octanol–water partition coefficient (Wildman–Crippen LogP) is 1.93. The van der Waals surface area contributed by atoms with Gasteiger partial charge < -0.3 is 19.5 Å². The van der Waals surface area contributed by atoms with Crippen molar-refractivity contribution in [2.45, 2.75) is 26.4 Å². The second-order valence-electron chi connectivity index (χ2n) is 5.50. The van der Waals surface area contributed by atoms with Crippen LogP contribution in [-0.2, 0) is 30.4 Å². The maximum absolute atomic E-state index is 11.9. The SMILES string of the molecule is COCCOCCCNC(=O)C(C)CC(=O)OCc1ccccc1. The van der Waals surface area contributed by atoms with E-state index < -0.39 is 5.92 Å². The molecule has 1 N–H and O–H groups in total. The summed E-state index contributed by atoms with van der Waals surface area (Å²) in [6.45, 7) is 4.15. The van der Waals surface area contributed by atoms with Crippen LogP contribution in [0.3, 0.4) is 0 Å². The Bertz CT molecular complexity index is 478. The summed E-state index contributed by atoms with van der Waals surface area (Å²) < 4.78 is 15.3. The fraction of sp³-hybridized carbons (Fsp3) is 0.556. The number of carbonyl (C=O) groups excluding carboxylic acids is 2. The van der Waals surface area contributed by atoms with Crippen molar-refractivity contribution in [1.29, 1.82) is 0 Å². The second kappa shape index (κ2) is 12.5. The van der Waals surface area contributed by atoms with Gasteiger partial charge in [0.2, 0.25) is 5.91 Å². The average molecular weight is 337 g/mol. The number of amides is 1. The summed E-state index contributed by atoms with van der Waals surface area (Å²) in [5, 5.41) is 2.79. The number of carbonyl (C=O) groups is 2. The molecule has 0 aliphatic carbocycles. The van der Waals surface area contributed by atoms with Crippen LogP contribution in [0.25, 0.3) is 0 Å². The zero-order valence-electron chi connectivity index (χ0n) is 14.5. The Morgan fingerprint density at radius 2 is 1.88 bits per heavy atom. The number of hydrogen-bond donors (Lipinski definition) is 1. The minimum absolute atomic E-state index is 0.0724. The lowest BCUT2D eigenvalue weighted by Crippen LogP contribution is -2.32. The molecule has 0 spiro atoms. The van der Waals surface area contributed by atoms with Crippen molar-refractivity contribution in [3.63, 3.8) is 0 Å². The average Bonchev–Trinajstić information content (AvgIpc) is 2.60. The number of ether oxygens (including phenoxy) is 3. The molecule has 6 heteroatoms. The van der Waals surface area contributed by atoms with Crippen molar-refractivity contribution >= 4 is 11.9 Å². The molecule has 0 aliphatic rings. The number of esters is 1. The van der Waals surface area contributed by atoms with Gasteiger partial charge in [0, 0.05) is 26.2 Å². The summed E-state index contributed by atoms with van der Waals surface area (Å²) >= 11 is 0. The lowest BCUT2D eigenvalue weighted by Gasteiger charge is -2.12. The van der Waals surface area contributed by atoms with Gasteiger partial charge in [-0.2, -0.15) is 0 Å². The molecular weight excluding hydrogens is 310 g/mol. The Morgan fingerprint density at radius 1 is 1.12 bits per heavy atom. The topological polar surface area (TPSA) is 73.9 Å². The van der Waals surface area contributed by atoms with E-state index >= 15 is 0 Å². The van der Waals surface area contributed by atoms with Crippen LogP contribution in [-0.4, -0.2) is 45.4 Å². The van der Waals surface area contributed by atoms with Crippen LogP contribution >= 0.6 is 0 Å². The maximum Gasteiger partial charge on any atom is 0.306 e. The van der Waals surface area contributed by atoms with E-state index in [1.807, 2.05) is 30.3 Å². The molecule has 6 nitrogen and oxygen atoms in total. The Hall–Kier alpha value is -1.92. The third-order valence-corrected chi connectivity index (χ3v) is 3.36. The molecule has 0 aliphatic heterocycles. The van der Waals surface area contributed by atoms with Crippen LogP contribution in [0, 0.1) is 5.92 Å². The maximum atomic E-state index is 11.9. The van der Waals surface area contributed by atoms with Crippen LogP contribution in [0.4, 0.5) is 0 Å². The van der Waals surface area contributed by atoms with Crippen LogP contribution in [0.15, 0.2) is 30.3 Å². The van der Waals surface area contributed by atoms with Crippen LogP contribution in [0.5, 0.6) is 0 Å². The van der Waals surface area contributed by atoms with Crippen LogP contribution in [0.1, 0.15) is 25.3 Å². The summed E-state index contributed by atoms with van der Waals surface area (Å²) in [6.07, 6.45) is 0.795. The third-order valence-electron chi connectivity index (χ3n) is 3.36. The fourth-order valence-corrected chi connectivity index (χ4v) is 1.94. The summed E-state index contributed by atoms with van der Waals surface area (Å²) in [5.74, 6) is -0.935. The molecule has 24 heavy (non-hydrogen) atoms. The number of benzene rings is 1. The highest BCUT2D eigenvalue weighted by Gasteiger charge is 2.17. The highest BCUT2D eigenvalue weighted by atomic mass is 16.5. The molecule has 0 saturated carbocycles.